The second-order valence-electron chi connectivity index (χ2n) is 6.78. The minimum Gasteiger partial charge on any atom is -0.486 e. The largest absolute Gasteiger partial charge is 0.486 e. The van der Waals surface area contributed by atoms with Gasteiger partial charge in [0, 0.05) is 15.4 Å². The molecule has 1 N–H and O–H groups in total. The summed E-state index contributed by atoms with van der Waals surface area (Å²) in [5.41, 5.74) is 1.87. The molecule has 2 aromatic heterocycles. The molecule has 0 fully saturated rings. The van der Waals surface area contributed by atoms with E-state index in [1.165, 1.54) is 22.2 Å². The van der Waals surface area contributed by atoms with Crippen LogP contribution in [0.5, 0.6) is 11.5 Å². The zero-order valence-corrected chi connectivity index (χ0v) is 18.4. The van der Waals surface area contributed by atoms with E-state index in [2.05, 4.69) is 31.2 Å². The zero-order valence-electron chi connectivity index (χ0n) is 16.0. The Balaban J connectivity index is 1.32. The summed E-state index contributed by atoms with van der Waals surface area (Å²) in [5, 5.41) is 5.48. The van der Waals surface area contributed by atoms with Crippen molar-refractivity contribution in [2.24, 2.45) is 0 Å². The van der Waals surface area contributed by atoms with Crippen molar-refractivity contribution in [3.05, 3.63) is 62.9 Å². The maximum Gasteiger partial charge on any atom is 0.261 e. The molecule has 8 nitrogen and oxygen atoms in total. The summed E-state index contributed by atoms with van der Waals surface area (Å²) in [7, 11) is 0. The highest BCUT2D eigenvalue weighted by atomic mass is 79.9. The average Bonchev–Trinajstić information content (AvgIpc) is 3.24. The number of carbonyl (C=O) groups excluding carboxylic acids is 1. The number of amides is 1. The van der Waals surface area contributed by atoms with Gasteiger partial charge in [0.05, 0.1) is 22.9 Å². The lowest BCUT2D eigenvalue weighted by Crippen LogP contribution is -2.27. The van der Waals surface area contributed by atoms with Crippen molar-refractivity contribution < 1.29 is 14.3 Å². The quantitative estimate of drug-likeness (QED) is 0.460. The lowest BCUT2D eigenvalue weighted by Gasteiger charge is -2.18. The van der Waals surface area contributed by atoms with Gasteiger partial charge < -0.3 is 14.8 Å². The first-order valence-corrected chi connectivity index (χ1v) is 11.0. The molecule has 4 aromatic rings. The van der Waals surface area contributed by atoms with Crippen molar-refractivity contribution >= 4 is 49.2 Å². The number of halogens is 1. The smallest absolute Gasteiger partial charge is 0.261 e. The molecule has 0 saturated heterocycles. The number of aromatic nitrogens is 3. The van der Waals surface area contributed by atoms with Crippen LogP contribution in [0.3, 0.4) is 0 Å². The van der Waals surface area contributed by atoms with E-state index < -0.39 is 0 Å². The first-order chi connectivity index (χ1) is 15.1. The predicted molar refractivity (Wildman–Crippen MR) is 121 cm³/mol. The topological polar surface area (TPSA) is 95.3 Å². The predicted octanol–water partition coefficient (Wildman–Crippen LogP) is 3.69. The number of nitrogens with zero attached hydrogens (tertiary/aromatic N) is 3. The number of thiazole rings is 1. The van der Waals surface area contributed by atoms with Crippen molar-refractivity contribution in [2.45, 2.75) is 6.54 Å². The Kier molecular flexibility index (Phi) is 5.16. The number of hydrogen-bond donors (Lipinski definition) is 1. The summed E-state index contributed by atoms with van der Waals surface area (Å²) < 4.78 is 13.2. The maximum atomic E-state index is 12.7. The summed E-state index contributed by atoms with van der Waals surface area (Å²) in [5.74, 6) is 1.03. The molecule has 0 saturated carbocycles. The van der Waals surface area contributed by atoms with Crippen molar-refractivity contribution in [1.82, 2.24) is 14.5 Å². The Hall–Kier alpha value is -3.24. The zero-order chi connectivity index (χ0) is 21.4. The van der Waals surface area contributed by atoms with Gasteiger partial charge in [0.15, 0.2) is 16.6 Å². The molecule has 1 aliphatic rings. The van der Waals surface area contributed by atoms with E-state index in [9.17, 15) is 9.59 Å². The number of benzene rings is 2. The van der Waals surface area contributed by atoms with Crippen LogP contribution in [0.1, 0.15) is 0 Å². The summed E-state index contributed by atoms with van der Waals surface area (Å²) in [6.45, 7) is 0.883. The third-order valence-electron chi connectivity index (χ3n) is 4.69. The molecule has 10 heteroatoms. The molecule has 5 rings (SSSR count). The number of carbonyl (C=O) groups is 1. The third-order valence-corrected chi connectivity index (χ3v) is 5.94. The van der Waals surface area contributed by atoms with Crippen molar-refractivity contribution in [3.63, 3.8) is 0 Å². The molecule has 31 heavy (non-hydrogen) atoms. The van der Waals surface area contributed by atoms with Gasteiger partial charge in [-0.3, -0.25) is 14.2 Å². The van der Waals surface area contributed by atoms with Gasteiger partial charge in [0.25, 0.3) is 5.56 Å². The van der Waals surface area contributed by atoms with Crippen LogP contribution in [0.2, 0.25) is 0 Å². The van der Waals surface area contributed by atoms with Crippen LogP contribution >= 0.6 is 27.3 Å². The van der Waals surface area contributed by atoms with Gasteiger partial charge in [-0.25, -0.2) is 9.97 Å². The van der Waals surface area contributed by atoms with Gasteiger partial charge in [-0.1, -0.05) is 15.9 Å². The van der Waals surface area contributed by atoms with Crippen LogP contribution in [0.25, 0.3) is 22.2 Å². The van der Waals surface area contributed by atoms with Gasteiger partial charge >= 0.3 is 0 Å². The summed E-state index contributed by atoms with van der Waals surface area (Å²) >= 11 is 4.66. The third kappa shape index (κ3) is 4.04. The van der Waals surface area contributed by atoms with Gasteiger partial charge in [-0.05, 0) is 36.4 Å². The molecule has 0 bridgehead atoms. The first-order valence-electron chi connectivity index (χ1n) is 9.37. The SMILES string of the molecule is O=C(Cn1cnc2ccc(Br)cc2c1=O)Nc1nc(-c2ccc3c(c2)OCCO3)cs1. The van der Waals surface area contributed by atoms with Crippen LogP contribution in [-0.2, 0) is 11.3 Å². The molecule has 0 atom stereocenters. The first kappa shape index (κ1) is 19.7. The Labute approximate surface area is 188 Å². The summed E-state index contributed by atoms with van der Waals surface area (Å²) in [6, 6.07) is 10.9. The number of anilines is 1. The van der Waals surface area contributed by atoms with Crippen molar-refractivity contribution in [1.29, 1.82) is 0 Å². The fourth-order valence-electron chi connectivity index (χ4n) is 3.22. The average molecular weight is 499 g/mol. The van der Waals surface area contributed by atoms with E-state index in [1.807, 2.05) is 29.6 Å². The highest BCUT2D eigenvalue weighted by molar-refractivity contribution is 9.10. The second-order valence-corrected chi connectivity index (χ2v) is 8.56. The van der Waals surface area contributed by atoms with Crippen molar-refractivity contribution in [3.8, 4) is 22.8 Å². The normalized spacial score (nSPS) is 12.7. The Morgan fingerprint density at radius 3 is 2.87 bits per heavy atom. The molecule has 1 aliphatic heterocycles. The van der Waals surface area contributed by atoms with E-state index in [4.69, 9.17) is 9.47 Å². The fourth-order valence-corrected chi connectivity index (χ4v) is 4.32. The van der Waals surface area contributed by atoms with Crippen LogP contribution in [-0.4, -0.2) is 33.7 Å². The van der Waals surface area contributed by atoms with Crippen molar-refractivity contribution in [2.75, 3.05) is 18.5 Å². The Morgan fingerprint density at radius 2 is 2.00 bits per heavy atom. The molecule has 0 spiro atoms. The molecule has 0 aliphatic carbocycles. The standard InChI is InChI=1S/C21H15BrN4O4S/c22-13-2-3-15-14(8-13)20(28)26(11-23-15)9-19(27)25-21-24-16(10-31-21)12-1-4-17-18(7-12)30-6-5-29-17/h1-4,7-8,10-11H,5-6,9H2,(H,24,25,27). The number of fused-ring (bicyclic) bond motifs is 2. The number of ether oxygens (including phenoxy) is 2. The number of hydrogen-bond acceptors (Lipinski definition) is 7. The van der Waals surface area contributed by atoms with Gasteiger partial charge in [-0.15, -0.1) is 11.3 Å². The van der Waals surface area contributed by atoms with E-state index in [-0.39, 0.29) is 18.0 Å². The molecule has 0 unspecified atom stereocenters. The second kappa shape index (κ2) is 8.12. The Bertz CT molecular complexity index is 1370. The molecule has 1 amide bonds. The maximum absolute atomic E-state index is 12.7. The van der Waals surface area contributed by atoms with Crippen LogP contribution in [0, 0.1) is 0 Å². The van der Waals surface area contributed by atoms with Gasteiger partial charge in [0.1, 0.15) is 19.8 Å². The van der Waals surface area contributed by atoms with Gasteiger partial charge in [0.2, 0.25) is 5.91 Å². The molecule has 156 valence electrons. The summed E-state index contributed by atoms with van der Waals surface area (Å²) in [6.07, 6.45) is 1.38. The van der Waals surface area contributed by atoms with Gasteiger partial charge in [-0.2, -0.15) is 0 Å². The lowest BCUT2D eigenvalue weighted by atomic mass is 10.1. The number of rotatable bonds is 4. The molecular formula is C21H15BrN4O4S. The molecule has 3 heterocycles. The molecule has 0 radical (unpaired) electrons. The van der Waals surface area contributed by atoms with Crippen LogP contribution < -0.4 is 20.3 Å². The Morgan fingerprint density at radius 1 is 1.16 bits per heavy atom. The fraction of sp³-hybridized carbons (Fsp3) is 0.143. The molecule has 2 aromatic carbocycles. The minimum atomic E-state index is -0.360. The van der Waals surface area contributed by atoms with Crippen LogP contribution in [0.4, 0.5) is 5.13 Å². The van der Waals surface area contributed by atoms with E-state index in [0.717, 1.165) is 10.0 Å². The van der Waals surface area contributed by atoms with E-state index >= 15 is 0 Å². The monoisotopic (exact) mass is 498 g/mol. The molecular weight excluding hydrogens is 484 g/mol. The van der Waals surface area contributed by atoms with E-state index in [1.54, 1.807) is 12.1 Å². The summed E-state index contributed by atoms with van der Waals surface area (Å²) in [4.78, 5) is 33.9. The van der Waals surface area contributed by atoms with Crippen LogP contribution in [0.15, 0.2) is 57.4 Å². The minimum absolute atomic E-state index is 0.160. The highest BCUT2D eigenvalue weighted by Crippen LogP contribution is 2.35. The number of nitrogens with one attached hydrogen (secondary N) is 1. The lowest BCUT2D eigenvalue weighted by molar-refractivity contribution is -0.116. The van der Waals surface area contributed by atoms with E-state index in [0.29, 0.717) is 46.4 Å². The highest BCUT2D eigenvalue weighted by Gasteiger charge is 2.15.